The van der Waals surface area contributed by atoms with Gasteiger partial charge in [-0.2, -0.15) is 0 Å². The second-order valence-corrected chi connectivity index (χ2v) is 2.07. The van der Waals surface area contributed by atoms with Crippen LogP contribution in [-0.4, -0.2) is 11.1 Å². The van der Waals surface area contributed by atoms with Crippen LogP contribution in [0.4, 0.5) is 0 Å². The van der Waals surface area contributed by atoms with Crippen LogP contribution in [-0.2, 0) is 4.79 Å². The Morgan fingerprint density at radius 2 is 2.22 bits per heavy atom. The van der Waals surface area contributed by atoms with E-state index in [2.05, 4.69) is 6.58 Å². The van der Waals surface area contributed by atoms with Gasteiger partial charge in [0, 0.05) is 0 Å². The largest absolute Gasteiger partial charge is 0.481 e. The van der Waals surface area contributed by atoms with E-state index in [4.69, 9.17) is 5.11 Å². The zero-order chi connectivity index (χ0) is 7.28. The van der Waals surface area contributed by atoms with E-state index < -0.39 is 5.97 Å². The van der Waals surface area contributed by atoms with Crippen LogP contribution in [0.5, 0.6) is 0 Å². The fourth-order valence-corrected chi connectivity index (χ4v) is 0.656. The second-order valence-electron chi connectivity index (χ2n) is 2.07. The van der Waals surface area contributed by atoms with Crippen LogP contribution < -0.4 is 0 Å². The highest BCUT2D eigenvalue weighted by Crippen LogP contribution is 2.05. The molecule has 0 aliphatic heterocycles. The van der Waals surface area contributed by atoms with Crippen molar-refractivity contribution in [3.05, 3.63) is 12.2 Å². The summed E-state index contributed by atoms with van der Waals surface area (Å²) in [6.07, 6.45) is 1.92. The molecule has 0 atom stereocenters. The summed E-state index contributed by atoms with van der Waals surface area (Å²) >= 11 is 0. The summed E-state index contributed by atoms with van der Waals surface area (Å²) in [4.78, 5) is 10.0. The Morgan fingerprint density at radius 3 is 2.56 bits per heavy atom. The Hall–Kier alpha value is -0.790. The predicted molar refractivity (Wildman–Crippen MR) is 36.3 cm³/mol. The molecule has 0 radical (unpaired) electrons. The fraction of sp³-hybridized carbons (Fsp3) is 0.571. The molecule has 0 aromatic heterocycles. The lowest BCUT2D eigenvalue weighted by Crippen LogP contribution is -1.95. The molecule has 2 heteroatoms. The highest BCUT2D eigenvalue weighted by molar-refractivity contribution is 5.69. The first-order valence-electron chi connectivity index (χ1n) is 3.05. The standard InChI is InChI=1S/C7H12O2/c1-3-4-6(2)5-7(8)9/h2-5H2,1H3,(H,8,9). The monoisotopic (exact) mass is 128 g/mol. The zero-order valence-corrected chi connectivity index (χ0v) is 5.68. The zero-order valence-electron chi connectivity index (χ0n) is 5.68. The molecule has 52 valence electrons. The molecular weight excluding hydrogens is 116 g/mol. The topological polar surface area (TPSA) is 37.3 Å². The van der Waals surface area contributed by atoms with Crippen molar-refractivity contribution in [1.29, 1.82) is 0 Å². The number of carbonyl (C=O) groups is 1. The average Bonchev–Trinajstić information content (AvgIpc) is 1.63. The summed E-state index contributed by atoms with van der Waals surface area (Å²) in [7, 11) is 0. The van der Waals surface area contributed by atoms with Gasteiger partial charge in [0.05, 0.1) is 6.42 Å². The molecule has 0 saturated heterocycles. The SMILES string of the molecule is C=C(CCC)CC(=O)O. The smallest absolute Gasteiger partial charge is 0.307 e. The third kappa shape index (κ3) is 5.07. The van der Waals surface area contributed by atoms with E-state index in [0.717, 1.165) is 18.4 Å². The lowest BCUT2D eigenvalue weighted by atomic mass is 10.1. The fourth-order valence-electron chi connectivity index (χ4n) is 0.656. The minimum atomic E-state index is -0.784. The van der Waals surface area contributed by atoms with Crippen molar-refractivity contribution >= 4 is 5.97 Å². The van der Waals surface area contributed by atoms with Gasteiger partial charge in [0.1, 0.15) is 0 Å². The normalized spacial score (nSPS) is 9.00. The molecular formula is C7H12O2. The number of aliphatic carboxylic acids is 1. The quantitative estimate of drug-likeness (QED) is 0.586. The number of carboxylic acids is 1. The van der Waals surface area contributed by atoms with Crippen molar-refractivity contribution in [1.82, 2.24) is 0 Å². The summed E-state index contributed by atoms with van der Waals surface area (Å²) in [6, 6.07) is 0. The van der Waals surface area contributed by atoms with Gasteiger partial charge in [-0.1, -0.05) is 25.5 Å². The maximum absolute atomic E-state index is 10.0. The predicted octanol–water partition coefficient (Wildman–Crippen LogP) is 1.82. The molecule has 0 bridgehead atoms. The summed E-state index contributed by atoms with van der Waals surface area (Å²) in [5, 5.41) is 8.25. The van der Waals surface area contributed by atoms with Crippen molar-refractivity contribution in [2.75, 3.05) is 0 Å². The molecule has 0 aromatic carbocycles. The summed E-state index contributed by atoms with van der Waals surface area (Å²) in [5.41, 5.74) is 0.810. The lowest BCUT2D eigenvalue weighted by Gasteiger charge is -1.96. The Kier molecular flexibility index (Phi) is 3.76. The van der Waals surface area contributed by atoms with Crippen LogP contribution in [0.3, 0.4) is 0 Å². The first-order chi connectivity index (χ1) is 4.16. The molecule has 0 aromatic rings. The lowest BCUT2D eigenvalue weighted by molar-refractivity contribution is -0.136. The van der Waals surface area contributed by atoms with Gasteiger partial charge in [-0.3, -0.25) is 4.79 Å². The highest BCUT2D eigenvalue weighted by Gasteiger charge is 1.98. The Morgan fingerprint density at radius 1 is 1.67 bits per heavy atom. The average molecular weight is 128 g/mol. The number of hydrogen-bond acceptors (Lipinski definition) is 1. The van der Waals surface area contributed by atoms with Crippen LogP contribution in [0.15, 0.2) is 12.2 Å². The van der Waals surface area contributed by atoms with E-state index >= 15 is 0 Å². The molecule has 0 saturated carbocycles. The van der Waals surface area contributed by atoms with E-state index in [1.807, 2.05) is 6.92 Å². The molecule has 1 N–H and O–H groups in total. The maximum atomic E-state index is 10.0. The van der Waals surface area contributed by atoms with Gasteiger partial charge in [0.15, 0.2) is 0 Å². The number of hydrogen-bond donors (Lipinski definition) is 1. The third-order valence-electron chi connectivity index (χ3n) is 1.00. The molecule has 0 rings (SSSR count). The van der Waals surface area contributed by atoms with Crippen LogP contribution in [0.25, 0.3) is 0 Å². The van der Waals surface area contributed by atoms with Gasteiger partial charge in [0.25, 0.3) is 0 Å². The molecule has 0 unspecified atom stereocenters. The van der Waals surface area contributed by atoms with Gasteiger partial charge >= 0.3 is 5.97 Å². The Bertz CT molecular complexity index is 116. The minimum Gasteiger partial charge on any atom is -0.481 e. The van der Waals surface area contributed by atoms with Gasteiger partial charge < -0.3 is 5.11 Å². The molecule has 0 fully saturated rings. The van der Waals surface area contributed by atoms with Crippen LogP contribution in [0.2, 0.25) is 0 Å². The first-order valence-corrected chi connectivity index (χ1v) is 3.05. The second kappa shape index (κ2) is 4.13. The van der Waals surface area contributed by atoms with E-state index in [-0.39, 0.29) is 6.42 Å². The summed E-state index contributed by atoms with van der Waals surface area (Å²) in [5.74, 6) is -0.784. The van der Waals surface area contributed by atoms with E-state index in [0.29, 0.717) is 0 Å². The Balaban J connectivity index is 3.39. The molecule has 0 aliphatic rings. The number of carboxylic acid groups (broad SMARTS) is 1. The number of rotatable bonds is 4. The van der Waals surface area contributed by atoms with Crippen molar-refractivity contribution in [3.63, 3.8) is 0 Å². The molecule has 0 heterocycles. The van der Waals surface area contributed by atoms with Gasteiger partial charge in [-0.25, -0.2) is 0 Å². The van der Waals surface area contributed by atoms with E-state index in [1.165, 1.54) is 0 Å². The van der Waals surface area contributed by atoms with Gasteiger partial charge in [0.2, 0.25) is 0 Å². The van der Waals surface area contributed by atoms with Gasteiger partial charge in [-0.15, -0.1) is 0 Å². The Labute approximate surface area is 55.2 Å². The van der Waals surface area contributed by atoms with Crippen LogP contribution in [0, 0.1) is 0 Å². The van der Waals surface area contributed by atoms with Crippen molar-refractivity contribution in [2.45, 2.75) is 26.2 Å². The van der Waals surface area contributed by atoms with Gasteiger partial charge in [-0.05, 0) is 6.42 Å². The highest BCUT2D eigenvalue weighted by atomic mass is 16.4. The molecule has 9 heavy (non-hydrogen) atoms. The van der Waals surface area contributed by atoms with Crippen molar-refractivity contribution in [3.8, 4) is 0 Å². The molecule has 2 nitrogen and oxygen atoms in total. The summed E-state index contributed by atoms with van der Waals surface area (Å²) in [6.45, 7) is 5.61. The van der Waals surface area contributed by atoms with Crippen LogP contribution >= 0.6 is 0 Å². The first kappa shape index (κ1) is 8.21. The minimum absolute atomic E-state index is 0.119. The van der Waals surface area contributed by atoms with Crippen molar-refractivity contribution < 1.29 is 9.90 Å². The van der Waals surface area contributed by atoms with E-state index in [9.17, 15) is 4.79 Å². The molecule has 0 spiro atoms. The molecule has 0 amide bonds. The van der Waals surface area contributed by atoms with Crippen molar-refractivity contribution in [2.24, 2.45) is 0 Å². The summed E-state index contributed by atoms with van der Waals surface area (Å²) < 4.78 is 0. The van der Waals surface area contributed by atoms with Crippen LogP contribution in [0.1, 0.15) is 26.2 Å². The third-order valence-corrected chi connectivity index (χ3v) is 1.00. The molecule has 0 aliphatic carbocycles. The maximum Gasteiger partial charge on any atom is 0.307 e. The van der Waals surface area contributed by atoms with E-state index in [1.54, 1.807) is 0 Å².